The Bertz CT molecular complexity index is 932. The van der Waals surface area contributed by atoms with Gasteiger partial charge in [-0.25, -0.2) is 4.98 Å². The van der Waals surface area contributed by atoms with Gasteiger partial charge in [-0.1, -0.05) is 12.1 Å². The molecule has 0 aliphatic rings. The normalized spacial score (nSPS) is 10.5. The molecule has 0 aliphatic heterocycles. The molecule has 0 aliphatic carbocycles. The highest BCUT2D eigenvalue weighted by molar-refractivity contribution is 5.90. The molecule has 1 amide bonds. The molecule has 3 rings (SSSR count). The summed E-state index contributed by atoms with van der Waals surface area (Å²) in [6.07, 6.45) is 3.90. The van der Waals surface area contributed by atoms with Crippen LogP contribution in [0.4, 0.5) is 5.69 Å². The summed E-state index contributed by atoms with van der Waals surface area (Å²) in [5.74, 6) is 2.30. The quantitative estimate of drug-likeness (QED) is 0.642. The lowest BCUT2D eigenvalue weighted by Crippen LogP contribution is -2.15. The van der Waals surface area contributed by atoms with Gasteiger partial charge in [-0.05, 0) is 55.3 Å². The van der Waals surface area contributed by atoms with Gasteiger partial charge in [0.2, 0.25) is 5.91 Å². The fourth-order valence-electron chi connectivity index (χ4n) is 2.68. The zero-order chi connectivity index (χ0) is 19.9. The number of benzene rings is 2. The second-order valence-electron chi connectivity index (χ2n) is 6.61. The first-order valence-electron chi connectivity index (χ1n) is 9.21. The van der Waals surface area contributed by atoms with Gasteiger partial charge in [-0.3, -0.25) is 4.79 Å². The van der Waals surface area contributed by atoms with E-state index in [9.17, 15) is 4.79 Å². The number of aromatic nitrogens is 2. The molecule has 0 fully saturated rings. The number of carbonyl (C=O) groups is 1. The second kappa shape index (κ2) is 9.08. The molecule has 0 atom stereocenters. The standard InChI is InChI=1S/C22H25N3O3/c1-16-5-4-6-20(17(16)2)27-14-11-22(26)24-18-7-9-19(10-8-18)28-15-21-23-12-13-25(21)3/h4-10,12-13H,11,14-15H2,1-3H3,(H,24,26). The van der Waals surface area contributed by atoms with Gasteiger partial charge in [-0.15, -0.1) is 0 Å². The smallest absolute Gasteiger partial charge is 0.227 e. The topological polar surface area (TPSA) is 65.4 Å². The van der Waals surface area contributed by atoms with E-state index in [4.69, 9.17) is 9.47 Å². The summed E-state index contributed by atoms with van der Waals surface area (Å²) in [6, 6.07) is 13.2. The van der Waals surface area contributed by atoms with E-state index in [0.29, 0.717) is 13.2 Å². The van der Waals surface area contributed by atoms with Gasteiger partial charge in [0.15, 0.2) is 0 Å². The van der Waals surface area contributed by atoms with E-state index >= 15 is 0 Å². The van der Waals surface area contributed by atoms with Crippen LogP contribution in [0.1, 0.15) is 23.4 Å². The van der Waals surface area contributed by atoms with Crippen LogP contribution in [-0.2, 0) is 18.4 Å². The molecule has 6 nitrogen and oxygen atoms in total. The van der Waals surface area contributed by atoms with Crippen LogP contribution in [0.5, 0.6) is 11.5 Å². The third kappa shape index (κ3) is 5.13. The second-order valence-corrected chi connectivity index (χ2v) is 6.61. The highest BCUT2D eigenvalue weighted by atomic mass is 16.5. The number of ether oxygens (including phenoxy) is 2. The molecule has 2 aromatic carbocycles. The molecule has 0 radical (unpaired) electrons. The Labute approximate surface area is 165 Å². The molecule has 28 heavy (non-hydrogen) atoms. The predicted molar refractivity (Wildman–Crippen MR) is 109 cm³/mol. The number of amides is 1. The molecule has 0 saturated carbocycles. The van der Waals surface area contributed by atoms with Crippen LogP contribution >= 0.6 is 0 Å². The molecule has 0 unspecified atom stereocenters. The summed E-state index contributed by atoms with van der Waals surface area (Å²) < 4.78 is 13.4. The van der Waals surface area contributed by atoms with Crippen molar-refractivity contribution in [2.24, 2.45) is 7.05 Å². The van der Waals surface area contributed by atoms with Crippen LogP contribution in [0.15, 0.2) is 54.9 Å². The molecule has 1 heterocycles. The summed E-state index contributed by atoms with van der Waals surface area (Å²) in [5, 5.41) is 2.87. The Morgan fingerprint density at radius 3 is 2.61 bits per heavy atom. The molecule has 1 N–H and O–H groups in total. The monoisotopic (exact) mass is 379 g/mol. The van der Waals surface area contributed by atoms with Crippen molar-refractivity contribution in [1.29, 1.82) is 0 Å². The molecular formula is C22H25N3O3. The number of aryl methyl sites for hydroxylation is 2. The molecule has 6 heteroatoms. The highest BCUT2D eigenvalue weighted by Crippen LogP contribution is 2.21. The first-order chi connectivity index (χ1) is 13.5. The van der Waals surface area contributed by atoms with Gasteiger partial charge in [-0.2, -0.15) is 0 Å². The fourth-order valence-corrected chi connectivity index (χ4v) is 2.68. The van der Waals surface area contributed by atoms with Gasteiger partial charge in [0.05, 0.1) is 13.0 Å². The minimum Gasteiger partial charge on any atom is -0.493 e. The summed E-state index contributed by atoms with van der Waals surface area (Å²) in [6.45, 7) is 4.78. The van der Waals surface area contributed by atoms with E-state index in [1.165, 1.54) is 5.56 Å². The first-order valence-corrected chi connectivity index (χ1v) is 9.21. The van der Waals surface area contributed by atoms with Gasteiger partial charge in [0.25, 0.3) is 0 Å². The summed E-state index contributed by atoms with van der Waals surface area (Å²) in [7, 11) is 1.92. The van der Waals surface area contributed by atoms with Crippen LogP contribution < -0.4 is 14.8 Å². The zero-order valence-electron chi connectivity index (χ0n) is 16.4. The largest absolute Gasteiger partial charge is 0.493 e. The maximum atomic E-state index is 12.1. The van der Waals surface area contributed by atoms with Crippen molar-refractivity contribution in [3.63, 3.8) is 0 Å². The van der Waals surface area contributed by atoms with Crippen molar-refractivity contribution in [3.05, 3.63) is 71.8 Å². The van der Waals surface area contributed by atoms with E-state index in [0.717, 1.165) is 28.6 Å². The SMILES string of the molecule is Cc1cccc(OCCC(=O)Nc2ccc(OCc3nccn3C)cc2)c1C. The van der Waals surface area contributed by atoms with E-state index in [1.807, 2.05) is 74.1 Å². The lowest BCUT2D eigenvalue weighted by atomic mass is 10.1. The number of hydrogen-bond donors (Lipinski definition) is 1. The van der Waals surface area contributed by atoms with Crippen molar-refractivity contribution in [3.8, 4) is 11.5 Å². The number of carbonyl (C=O) groups excluding carboxylic acids is 1. The zero-order valence-corrected chi connectivity index (χ0v) is 16.4. The number of nitrogens with one attached hydrogen (secondary N) is 1. The number of rotatable bonds is 8. The van der Waals surface area contributed by atoms with Crippen LogP contribution in [0.25, 0.3) is 0 Å². The minimum atomic E-state index is -0.0908. The molecule has 0 spiro atoms. The van der Waals surface area contributed by atoms with Gasteiger partial charge in [0, 0.05) is 25.1 Å². The molecule has 146 valence electrons. The Morgan fingerprint density at radius 2 is 1.89 bits per heavy atom. The minimum absolute atomic E-state index is 0.0908. The van der Waals surface area contributed by atoms with Crippen molar-refractivity contribution in [2.45, 2.75) is 26.9 Å². The highest BCUT2D eigenvalue weighted by Gasteiger charge is 2.06. The van der Waals surface area contributed by atoms with Crippen molar-refractivity contribution < 1.29 is 14.3 Å². The fraction of sp³-hybridized carbons (Fsp3) is 0.273. The number of nitrogens with zero attached hydrogens (tertiary/aromatic N) is 2. The van der Waals surface area contributed by atoms with Crippen LogP contribution in [0.3, 0.4) is 0 Å². The molecule has 0 saturated heterocycles. The summed E-state index contributed by atoms with van der Waals surface area (Å²) in [5.41, 5.74) is 3.00. The maximum absolute atomic E-state index is 12.1. The number of hydrogen-bond acceptors (Lipinski definition) is 4. The molecular weight excluding hydrogens is 354 g/mol. The Kier molecular flexibility index (Phi) is 6.32. The van der Waals surface area contributed by atoms with E-state index in [2.05, 4.69) is 10.3 Å². The average molecular weight is 379 g/mol. The van der Waals surface area contributed by atoms with Crippen molar-refractivity contribution in [2.75, 3.05) is 11.9 Å². The van der Waals surface area contributed by atoms with Crippen LogP contribution in [0.2, 0.25) is 0 Å². The lowest BCUT2D eigenvalue weighted by Gasteiger charge is -2.11. The van der Waals surface area contributed by atoms with Gasteiger partial charge >= 0.3 is 0 Å². The van der Waals surface area contributed by atoms with Crippen molar-refractivity contribution in [1.82, 2.24) is 9.55 Å². The Hall–Kier alpha value is -3.28. The number of imidazole rings is 1. The molecule has 0 bridgehead atoms. The average Bonchev–Trinajstić information content (AvgIpc) is 3.09. The summed E-state index contributed by atoms with van der Waals surface area (Å²) >= 11 is 0. The van der Waals surface area contributed by atoms with Crippen LogP contribution in [0, 0.1) is 13.8 Å². The van der Waals surface area contributed by atoms with Gasteiger partial charge in [0.1, 0.15) is 23.9 Å². The van der Waals surface area contributed by atoms with Crippen LogP contribution in [-0.4, -0.2) is 22.1 Å². The first kappa shape index (κ1) is 19.5. The number of anilines is 1. The Balaban J connectivity index is 1.44. The molecule has 3 aromatic rings. The van der Waals surface area contributed by atoms with E-state index in [1.54, 1.807) is 6.20 Å². The third-order valence-electron chi connectivity index (χ3n) is 4.57. The van der Waals surface area contributed by atoms with Gasteiger partial charge < -0.3 is 19.4 Å². The lowest BCUT2D eigenvalue weighted by molar-refractivity contribution is -0.116. The predicted octanol–water partition coefficient (Wildman–Crippen LogP) is 4.02. The summed E-state index contributed by atoms with van der Waals surface area (Å²) in [4.78, 5) is 16.3. The van der Waals surface area contributed by atoms with E-state index in [-0.39, 0.29) is 12.3 Å². The molecule has 1 aromatic heterocycles. The van der Waals surface area contributed by atoms with Crippen molar-refractivity contribution >= 4 is 11.6 Å². The van der Waals surface area contributed by atoms with E-state index < -0.39 is 0 Å². The maximum Gasteiger partial charge on any atom is 0.227 e. The Morgan fingerprint density at radius 1 is 1.11 bits per heavy atom. The third-order valence-corrected chi connectivity index (χ3v) is 4.57.